The van der Waals surface area contributed by atoms with Gasteiger partial charge in [-0.05, 0) is 37.3 Å². The molecule has 134 valence electrons. The van der Waals surface area contributed by atoms with Crippen LogP contribution >= 0.6 is 0 Å². The van der Waals surface area contributed by atoms with E-state index in [1.54, 1.807) is 12.5 Å². The molecule has 26 heavy (non-hydrogen) atoms. The van der Waals surface area contributed by atoms with Crippen LogP contribution in [0.1, 0.15) is 24.8 Å². The predicted molar refractivity (Wildman–Crippen MR) is 101 cm³/mol. The molecular formula is C20H24N6. The average Bonchev–Trinajstić information content (AvgIpc) is 3.17. The normalized spacial score (nSPS) is 23.9. The molecule has 6 nitrogen and oxygen atoms in total. The molecule has 2 aromatic heterocycles. The summed E-state index contributed by atoms with van der Waals surface area (Å²) >= 11 is 0. The summed E-state index contributed by atoms with van der Waals surface area (Å²) in [5.74, 6) is 1.83. The minimum Gasteiger partial charge on any atom is -0.356 e. The van der Waals surface area contributed by atoms with Crippen molar-refractivity contribution in [3.63, 3.8) is 0 Å². The smallest absolute Gasteiger partial charge is 0.180 e. The fourth-order valence-electron chi connectivity index (χ4n) is 4.70. The monoisotopic (exact) mass is 348 g/mol. The second-order valence-corrected chi connectivity index (χ2v) is 7.49. The van der Waals surface area contributed by atoms with E-state index in [0.717, 1.165) is 31.1 Å². The van der Waals surface area contributed by atoms with Gasteiger partial charge < -0.3 is 4.90 Å². The second-order valence-electron chi connectivity index (χ2n) is 7.49. The van der Waals surface area contributed by atoms with Crippen molar-refractivity contribution >= 4 is 11.5 Å². The molecule has 2 fully saturated rings. The Labute approximate surface area is 153 Å². The van der Waals surface area contributed by atoms with Crippen LogP contribution in [0.3, 0.4) is 0 Å². The molecule has 0 aliphatic carbocycles. The zero-order chi connectivity index (χ0) is 17.3. The lowest BCUT2D eigenvalue weighted by atomic mass is 9.83. The van der Waals surface area contributed by atoms with Crippen molar-refractivity contribution in [2.24, 2.45) is 5.92 Å². The minimum absolute atomic E-state index is 0.688. The van der Waals surface area contributed by atoms with Gasteiger partial charge in [0.05, 0.1) is 12.4 Å². The SMILES string of the molecule is c1ccc(CN2CCC[C@@H]3CN(c4cncc5nncn45)CC[C@@H]32)cc1. The molecule has 2 atom stereocenters. The van der Waals surface area contributed by atoms with E-state index in [1.165, 1.54) is 31.4 Å². The fraction of sp³-hybridized carbons (Fsp3) is 0.450. The lowest BCUT2D eigenvalue weighted by molar-refractivity contribution is 0.0700. The van der Waals surface area contributed by atoms with Gasteiger partial charge in [-0.2, -0.15) is 0 Å². The van der Waals surface area contributed by atoms with Crippen molar-refractivity contribution in [2.75, 3.05) is 24.5 Å². The summed E-state index contributed by atoms with van der Waals surface area (Å²) in [5, 5.41) is 8.17. The van der Waals surface area contributed by atoms with Gasteiger partial charge in [0.2, 0.25) is 0 Å². The molecule has 0 N–H and O–H groups in total. The number of aromatic nitrogens is 4. The van der Waals surface area contributed by atoms with Crippen molar-refractivity contribution in [1.29, 1.82) is 0 Å². The Morgan fingerprint density at radius 3 is 2.88 bits per heavy atom. The molecule has 0 spiro atoms. The zero-order valence-electron chi connectivity index (χ0n) is 14.9. The Balaban J connectivity index is 1.34. The molecular weight excluding hydrogens is 324 g/mol. The van der Waals surface area contributed by atoms with Gasteiger partial charge >= 0.3 is 0 Å². The highest BCUT2D eigenvalue weighted by atomic mass is 15.3. The maximum atomic E-state index is 4.36. The number of hydrogen-bond acceptors (Lipinski definition) is 5. The largest absolute Gasteiger partial charge is 0.356 e. The van der Waals surface area contributed by atoms with E-state index in [1.807, 2.05) is 6.20 Å². The molecule has 0 amide bonds. The third-order valence-electron chi connectivity index (χ3n) is 5.94. The van der Waals surface area contributed by atoms with Crippen LogP contribution in [-0.2, 0) is 6.54 Å². The van der Waals surface area contributed by atoms with Crippen molar-refractivity contribution in [2.45, 2.75) is 31.8 Å². The Kier molecular flexibility index (Phi) is 4.05. The molecule has 0 unspecified atom stereocenters. The number of rotatable bonds is 3. The van der Waals surface area contributed by atoms with Gasteiger partial charge in [-0.3, -0.25) is 14.3 Å². The first kappa shape index (κ1) is 15.8. The van der Waals surface area contributed by atoms with Crippen LogP contribution < -0.4 is 4.90 Å². The number of nitrogens with zero attached hydrogens (tertiary/aromatic N) is 6. The average molecular weight is 348 g/mol. The second kappa shape index (κ2) is 6.68. The molecule has 3 aromatic rings. The Morgan fingerprint density at radius 1 is 1.04 bits per heavy atom. The molecule has 2 saturated heterocycles. The highest BCUT2D eigenvalue weighted by molar-refractivity contribution is 5.47. The number of likely N-dealkylation sites (tertiary alicyclic amines) is 1. The Morgan fingerprint density at radius 2 is 1.96 bits per heavy atom. The quantitative estimate of drug-likeness (QED) is 0.728. The van der Waals surface area contributed by atoms with Crippen LogP contribution in [0.2, 0.25) is 0 Å². The van der Waals surface area contributed by atoms with E-state index in [9.17, 15) is 0 Å². The molecule has 0 bridgehead atoms. The first-order chi connectivity index (χ1) is 12.9. The van der Waals surface area contributed by atoms with Gasteiger partial charge in [0.1, 0.15) is 12.1 Å². The molecule has 4 heterocycles. The molecule has 1 aromatic carbocycles. The Hall–Kier alpha value is -2.47. The summed E-state index contributed by atoms with van der Waals surface area (Å²) < 4.78 is 2.05. The lowest BCUT2D eigenvalue weighted by Crippen LogP contribution is -2.54. The third kappa shape index (κ3) is 2.84. The number of benzene rings is 1. The van der Waals surface area contributed by atoms with Gasteiger partial charge in [-0.1, -0.05) is 30.3 Å². The lowest BCUT2D eigenvalue weighted by Gasteiger charge is -2.47. The van der Waals surface area contributed by atoms with Gasteiger partial charge in [-0.25, -0.2) is 0 Å². The van der Waals surface area contributed by atoms with E-state index in [4.69, 9.17) is 0 Å². The van der Waals surface area contributed by atoms with Crippen molar-refractivity contribution in [3.8, 4) is 0 Å². The maximum absolute atomic E-state index is 4.36. The molecule has 2 aliphatic rings. The van der Waals surface area contributed by atoms with Crippen LogP contribution in [0.15, 0.2) is 49.1 Å². The van der Waals surface area contributed by atoms with Gasteiger partial charge in [-0.15, -0.1) is 10.2 Å². The van der Waals surface area contributed by atoms with Crippen LogP contribution in [0.4, 0.5) is 5.82 Å². The fourth-order valence-corrected chi connectivity index (χ4v) is 4.70. The zero-order valence-corrected chi connectivity index (χ0v) is 14.9. The van der Waals surface area contributed by atoms with E-state index < -0.39 is 0 Å². The van der Waals surface area contributed by atoms with Crippen LogP contribution in [0, 0.1) is 5.92 Å². The minimum atomic E-state index is 0.688. The topological polar surface area (TPSA) is 49.6 Å². The van der Waals surface area contributed by atoms with Crippen molar-refractivity contribution < 1.29 is 0 Å². The highest BCUT2D eigenvalue weighted by Gasteiger charge is 2.36. The first-order valence-corrected chi connectivity index (χ1v) is 9.55. The number of piperidine rings is 2. The standard InChI is InChI=1S/C20H24N6/c1-2-5-16(6-3-1)13-24-9-4-7-17-14-25(10-8-18(17)24)20-12-21-11-19-23-22-15-26(19)20/h1-3,5-6,11-12,15,17-18H,4,7-10,13-14H2/t17-,18+/m1/s1. The number of anilines is 1. The highest BCUT2D eigenvalue weighted by Crippen LogP contribution is 2.33. The predicted octanol–water partition coefficient (Wildman–Crippen LogP) is 2.62. The molecule has 2 aliphatic heterocycles. The van der Waals surface area contributed by atoms with E-state index in [2.05, 4.69) is 59.7 Å². The van der Waals surface area contributed by atoms with Gasteiger partial charge in [0.25, 0.3) is 0 Å². The summed E-state index contributed by atoms with van der Waals surface area (Å²) in [7, 11) is 0. The summed E-state index contributed by atoms with van der Waals surface area (Å²) in [4.78, 5) is 9.54. The van der Waals surface area contributed by atoms with Gasteiger partial charge in [0.15, 0.2) is 5.65 Å². The third-order valence-corrected chi connectivity index (χ3v) is 5.94. The van der Waals surface area contributed by atoms with Crippen LogP contribution in [0.5, 0.6) is 0 Å². The van der Waals surface area contributed by atoms with Gasteiger partial charge in [0, 0.05) is 25.7 Å². The maximum Gasteiger partial charge on any atom is 0.180 e. The van der Waals surface area contributed by atoms with Crippen molar-refractivity contribution in [1.82, 2.24) is 24.5 Å². The summed E-state index contributed by atoms with van der Waals surface area (Å²) in [5.41, 5.74) is 2.24. The van der Waals surface area contributed by atoms with Crippen LogP contribution in [-0.4, -0.2) is 50.2 Å². The molecule has 6 heteroatoms. The van der Waals surface area contributed by atoms with E-state index in [0.29, 0.717) is 12.0 Å². The molecule has 0 saturated carbocycles. The summed E-state index contributed by atoms with van der Waals surface area (Å²) in [6.45, 7) is 4.45. The van der Waals surface area contributed by atoms with Crippen LogP contribution in [0.25, 0.3) is 5.65 Å². The van der Waals surface area contributed by atoms with Crippen molar-refractivity contribution in [3.05, 3.63) is 54.6 Å². The summed E-state index contributed by atoms with van der Waals surface area (Å²) in [6, 6.07) is 11.6. The Bertz CT molecular complexity index is 876. The van der Waals surface area contributed by atoms with E-state index in [-0.39, 0.29) is 0 Å². The molecule has 0 radical (unpaired) electrons. The van der Waals surface area contributed by atoms with E-state index >= 15 is 0 Å². The number of hydrogen-bond donors (Lipinski definition) is 0. The number of fused-ring (bicyclic) bond motifs is 2. The molecule has 5 rings (SSSR count). The first-order valence-electron chi connectivity index (χ1n) is 9.55. The summed E-state index contributed by atoms with van der Waals surface area (Å²) in [6.07, 6.45) is 9.32.